The Morgan fingerprint density at radius 3 is 2.67 bits per heavy atom. The highest BCUT2D eigenvalue weighted by Crippen LogP contribution is 2.32. The number of thiophene rings is 1. The maximum atomic E-state index is 11.1. The highest BCUT2D eigenvalue weighted by Gasteiger charge is 2.15. The van der Waals surface area contributed by atoms with E-state index < -0.39 is 0 Å². The van der Waals surface area contributed by atoms with Gasteiger partial charge in [0, 0.05) is 6.20 Å². The quantitative estimate of drug-likeness (QED) is 0.760. The monoisotopic (exact) mass is 282 g/mol. The van der Waals surface area contributed by atoms with Crippen LogP contribution in [0.3, 0.4) is 0 Å². The summed E-state index contributed by atoms with van der Waals surface area (Å²) in [5.41, 5.74) is 1.36. The minimum absolute atomic E-state index is 0.341. The molecule has 3 nitrogen and oxygen atoms in total. The van der Waals surface area contributed by atoms with E-state index in [-0.39, 0.29) is 0 Å². The zero-order chi connectivity index (χ0) is 13.1. The number of aromatic nitrogens is 2. The molecule has 2 aromatic rings. The molecule has 0 bridgehead atoms. The maximum Gasteiger partial charge on any atom is 0.153 e. The van der Waals surface area contributed by atoms with Crippen LogP contribution in [0, 0.1) is 0 Å². The zero-order valence-electron chi connectivity index (χ0n) is 10.4. The second-order valence-electron chi connectivity index (χ2n) is 4.10. The van der Waals surface area contributed by atoms with E-state index in [0.29, 0.717) is 15.9 Å². The van der Waals surface area contributed by atoms with Gasteiger partial charge in [-0.05, 0) is 25.0 Å². The SMILES string of the molecule is CCC(CC)n1cc(C=O)c(-c2ccc(Cl)s2)n1. The molecular weight excluding hydrogens is 268 g/mol. The number of aldehydes is 1. The van der Waals surface area contributed by atoms with Gasteiger partial charge in [-0.25, -0.2) is 0 Å². The Hall–Kier alpha value is -1.13. The number of hydrogen-bond acceptors (Lipinski definition) is 3. The molecular formula is C13H15ClN2OS. The van der Waals surface area contributed by atoms with Crippen LogP contribution in [-0.4, -0.2) is 16.1 Å². The zero-order valence-corrected chi connectivity index (χ0v) is 12.0. The first-order valence-corrected chi connectivity index (χ1v) is 7.19. The number of halogens is 1. The second-order valence-corrected chi connectivity index (χ2v) is 5.82. The molecule has 0 aliphatic rings. The largest absolute Gasteiger partial charge is 0.298 e. The highest BCUT2D eigenvalue weighted by molar-refractivity contribution is 7.19. The van der Waals surface area contributed by atoms with Crippen LogP contribution in [0.2, 0.25) is 4.34 Å². The number of nitrogens with zero attached hydrogens (tertiary/aromatic N) is 2. The van der Waals surface area contributed by atoms with Crippen LogP contribution in [0.15, 0.2) is 18.3 Å². The standard InChI is InChI=1S/C13H15ClN2OS/c1-3-10(4-2)16-7-9(8-17)13(15-16)11-5-6-12(14)18-11/h5-8,10H,3-4H2,1-2H3. The predicted octanol–water partition coefficient (Wildman–Crippen LogP) is 4.44. The Kier molecular flexibility index (Phi) is 4.19. The van der Waals surface area contributed by atoms with Crippen LogP contribution in [0.4, 0.5) is 0 Å². The van der Waals surface area contributed by atoms with Gasteiger partial charge in [0.25, 0.3) is 0 Å². The van der Waals surface area contributed by atoms with E-state index in [1.54, 1.807) is 0 Å². The van der Waals surface area contributed by atoms with E-state index in [2.05, 4.69) is 18.9 Å². The van der Waals surface area contributed by atoms with Crippen molar-refractivity contribution in [1.82, 2.24) is 9.78 Å². The molecule has 96 valence electrons. The van der Waals surface area contributed by atoms with Crippen molar-refractivity contribution in [2.45, 2.75) is 32.7 Å². The van der Waals surface area contributed by atoms with Crippen molar-refractivity contribution in [3.63, 3.8) is 0 Å². The predicted molar refractivity (Wildman–Crippen MR) is 75.6 cm³/mol. The third-order valence-corrected chi connectivity index (χ3v) is 4.25. The lowest BCUT2D eigenvalue weighted by Gasteiger charge is -2.12. The Bertz CT molecular complexity index is 543. The van der Waals surface area contributed by atoms with Gasteiger partial charge in [0.1, 0.15) is 5.69 Å². The van der Waals surface area contributed by atoms with Crippen molar-refractivity contribution in [2.75, 3.05) is 0 Å². The fraction of sp³-hybridized carbons (Fsp3) is 0.385. The molecule has 0 unspecified atom stereocenters. The third-order valence-electron chi connectivity index (χ3n) is 3.01. The smallest absolute Gasteiger partial charge is 0.153 e. The Balaban J connectivity index is 2.44. The number of hydrogen-bond donors (Lipinski definition) is 0. The molecule has 0 saturated carbocycles. The van der Waals surface area contributed by atoms with Gasteiger partial charge in [0.05, 0.1) is 20.8 Å². The van der Waals surface area contributed by atoms with Crippen LogP contribution in [0.5, 0.6) is 0 Å². The molecule has 0 spiro atoms. The average molecular weight is 283 g/mol. The van der Waals surface area contributed by atoms with E-state index in [9.17, 15) is 4.79 Å². The topological polar surface area (TPSA) is 34.9 Å². The normalized spacial score (nSPS) is 11.1. The second kappa shape index (κ2) is 5.67. The first-order chi connectivity index (χ1) is 8.69. The molecule has 0 aliphatic heterocycles. The van der Waals surface area contributed by atoms with Crippen molar-refractivity contribution >= 4 is 29.2 Å². The molecule has 0 amide bonds. The van der Waals surface area contributed by atoms with Crippen molar-refractivity contribution in [3.8, 4) is 10.6 Å². The van der Waals surface area contributed by atoms with Gasteiger partial charge >= 0.3 is 0 Å². The molecule has 0 aliphatic carbocycles. The molecule has 5 heteroatoms. The van der Waals surface area contributed by atoms with Crippen molar-refractivity contribution in [2.24, 2.45) is 0 Å². The van der Waals surface area contributed by atoms with Gasteiger partial charge in [-0.2, -0.15) is 5.10 Å². The summed E-state index contributed by atoms with van der Waals surface area (Å²) < 4.78 is 2.60. The molecule has 2 aromatic heterocycles. The molecule has 0 saturated heterocycles. The van der Waals surface area contributed by atoms with Crippen LogP contribution < -0.4 is 0 Å². The van der Waals surface area contributed by atoms with Crippen LogP contribution >= 0.6 is 22.9 Å². The summed E-state index contributed by atoms with van der Waals surface area (Å²) in [5.74, 6) is 0. The lowest BCUT2D eigenvalue weighted by atomic mass is 10.2. The highest BCUT2D eigenvalue weighted by atomic mass is 35.5. The molecule has 0 N–H and O–H groups in total. The third kappa shape index (κ3) is 2.49. The summed E-state index contributed by atoms with van der Waals surface area (Å²) >= 11 is 7.37. The van der Waals surface area contributed by atoms with E-state index in [4.69, 9.17) is 11.6 Å². The summed E-state index contributed by atoms with van der Waals surface area (Å²) in [6.45, 7) is 4.25. The van der Waals surface area contributed by atoms with Gasteiger partial charge in [0.2, 0.25) is 0 Å². The van der Waals surface area contributed by atoms with Crippen molar-refractivity contribution in [3.05, 3.63) is 28.2 Å². The van der Waals surface area contributed by atoms with Crippen molar-refractivity contribution in [1.29, 1.82) is 0 Å². The molecule has 2 rings (SSSR count). The van der Waals surface area contributed by atoms with Crippen molar-refractivity contribution < 1.29 is 4.79 Å². The number of rotatable bonds is 5. The van der Waals surface area contributed by atoms with Gasteiger partial charge < -0.3 is 0 Å². The molecule has 0 atom stereocenters. The number of carbonyl (C=O) groups excluding carboxylic acids is 1. The van der Waals surface area contributed by atoms with Gasteiger partial charge in [-0.15, -0.1) is 11.3 Å². The van der Waals surface area contributed by atoms with E-state index in [1.165, 1.54) is 11.3 Å². The molecule has 0 radical (unpaired) electrons. The first kappa shape index (κ1) is 13.3. The summed E-state index contributed by atoms with van der Waals surface area (Å²) in [5, 5.41) is 4.54. The van der Waals surface area contributed by atoms with Gasteiger partial charge in [0.15, 0.2) is 6.29 Å². The molecule has 18 heavy (non-hydrogen) atoms. The summed E-state index contributed by atoms with van der Waals surface area (Å²) in [6.07, 6.45) is 4.69. The lowest BCUT2D eigenvalue weighted by molar-refractivity contribution is 0.112. The van der Waals surface area contributed by atoms with Crippen LogP contribution in [0.25, 0.3) is 10.6 Å². The van der Waals surface area contributed by atoms with Crippen LogP contribution in [0.1, 0.15) is 43.1 Å². The van der Waals surface area contributed by atoms with E-state index in [1.807, 2.05) is 23.0 Å². The fourth-order valence-corrected chi connectivity index (χ4v) is 3.02. The first-order valence-electron chi connectivity index (χ1n) is 5.99. The Morgan fingerprint density at radius 1 is 1.44 bits per heavy atom. The minimum atomic E-state index is 0.341. The molecule has 0 aromatic carbocycles. The number of carbonyl (C=O) groups is 1. The van der Waals surface area contributed by atoms with Crippen LogP contribution in [-0.2, 0) is 0 Å². The van der Waals surface area contributed by atoms with E-state index >= 15 is 0 Å². The Labute approximate surface area is 115 Å². The molecule has 0 fully saturated rings. The summed E-state index contributed by atoms with van der Waals surface area (Å²) in [7, 11) is 0. The maximum absolute atomic E-state index is 11.1. The molecule has 2 heterocycles. The van der Waals surface area contributed by atoms with E-state index in [0.717, 1.165) is 29.7 Å². The summed E-state index contributed by atoms with van der Waals surface area (Å²) in [6, 6.07) is 4.07. The Morgan fingerprint density at radius 2 is 2.17 bits per heavy atom. The summed E-state index contributed by atoms with van der Waals surface area (Å²) in [4.78, 5) is 12.1. The average Bonchev–Trinajstić information content (AvgIpc) is 2.97. The lowest BCUT2D eigenvalue weighted by Crippen LogP contribution is -2.07. The minimum Gasteiger partial charge on any atom is -0.298 e. The van der Waals surface area contributed by atoms with Gasteiger partial charge in [-0.3, -0.25) is 9.48 Å². The fourth-order valence-electron chi connectivity index (χ4n) is 1.97. The van der Waals surface area contributed by atoms with Gasteiger partial charge in [-0.1, -0.05) is 25.4 Å².